The van der Waals surface area contributed by atoms with Crippen molar-refractivity contribution in [1.82, 2.24) is 0 Å². The Morgan fingerprint density at radius 3 is 1.93 bits per heavy atom. The Balaban J connectivity index is 0.000000465. The van der Waals surface area contributed by atoms with Crippen LogP contribution in [-0.2, 0) is 13.3 Å². The zero-order chi connectivity index (χ0) is 22.3. The van der Waals surface area contributed by atoms with Gasteiger partial charge in [0.25, 0.3) is 0 Å². The van der Waals surface area contributed by atoms with Crippen molar-refractivity contribution < 1.29 is 26.6 Å². The van der Waals surface area contributed by atoms with Crippen molar-refractivity contribution in [3.8, 4) is 5.75 Å². The Kier molecular flexibility index (Phi) is 13.8. The number of aromatic hydroxyl groups is 1. The first kappa shape index (κ1) is 26.9. The molecule has 7 nitrogen and oxygen atoms in total. The molecule has 0 aliphatic heterocycles. The number of benzene rings is 2. The van der Waals surface area contributed by atoms with Crippen LogP contribution in [0.3, 0.4) is 0 Å². The van der Waals surface area contributed by atoms with Gasteiger partial charge in [0, 0.05) is 13.2 Å². The molecule has 0 aromatic heterocycles. The number of phenolic OH excluding ortho intramolecular Hbond substituents is 1. The number of hydrogen-bond donors (Lipinski definition) is 4. The van der Waals surface area contributed by atoms with Crippen molar-refractivity contribution in [2.75, 3.05) is 18.5 Å². The number of aryl methyl sites for hydroxylation is 1. The second kappa shape index (κ2) is 14.9. The van der Waals surface area contributed by atoms with Gasteiger partial charge >= 0.3 is 88.1 Å². The van der Waals surface area contributed by atoms with E-state index in [9.17, 15) is 13.6 Å². The third-order valence-corrected chi connectivity index (χ3v) is 5.37. The molecule has 0 radical (unpaired) electrons. The van der Waals surface area contributed by atoms with Crippen LogP contribution >= 0.6 is 0 Å². The first-order valence-electron chi connectivity index (χ1n) is 9.38. The summed E-state index contributed by atoms with van der Waals surface area (Å²) in [6.07, 6.45) is 2.28. The normalized spacial score (nSPS) is 10.1. The molecule has 1 amide bonds. The third-order valence-electron chi connectivity index (χ3n) is 3.27. The van der Waals surface area contributed by atoms with Crippen LogP contribution in [0.25, 0.3) is 0 Å². The quantitative estimate of drug-likeness (QED) is 0.294. The minimum absolute atomic E-state index is 0.225. The van der Waals surface area contributed by atoms with E-state index in [4.69, 9.17) is 12.9 Å². The number of ether oxygens (including phenoxy) is 1. The Morgan fingerprint density at radius 1 is 1.00 bits per heavy atom. The van der Waals surface area contributed by atoms with Crippen LogP contribution in [0.5, 0.6) is 5.75 Å². The molecule has 4 N–H and O–H groups in total. The summed E-state index contributed by atoms with van der Waals surface area (Å²) in [5.74, 6) is -0.880. The summed E-state index contributed by atoms with van der Waals surface area (Å²) in [6.45, 7) is 9.36. The monoisotopic (exact) mass is 469 g/mol. The number of carbonyl (C=O) groups excluding carboxylic acids is 1. The minimum Gasteiger partial charge on any atom is -0.381 e. The maximum absolute atomic E-state index is 11.1. The van der Waals surface area contributed by atoms with Gasteiger partial charge in [-0.25, -0.2) is 0 Å². The summed E-state index contributed by atoms with van der Waals surface area (Å²) in [4.78, 5) is 10.8. The van der Waals surface area contributed by atoms with Crippen molar-refractivity contribution in [2.45, 2.75) is 40.5 Å². The maximum atomic E-state index is 11.1. The third kappa shape index (κ3) is 12.9. The van der Waals surface area contributed by atoms with Gasteiger partial charge in [0.2, 0.25) is 0 Å². The van der Waals surface area contributed by atoms with Gasteiger partial charge < -0.3 is 4.74 Å². The molecule has 2 aromatic carbocycles. The molecular formula is C21H32AsNO6. The number of anilines is 1. The van der Waals surface area contributed by atoms with E-state index in [0.717, 1.165) is 26.1 Å². The maximum Gasteiger partial charge on any atom is 0.0463 e. The summed E-state index contributed by atoms with van der Waals surface area (Å²) in [6, 6.07) is 14.0. The molecule has 8 heteroatoms. The molecule has 29 heavy (non-hydrogen) atoms. The van der Waals surface area contributed by atoms with Gasteiger partial charge in [-0.3, -0.25) is 0 Å². The smallest absolute Gasteiger partial charge is 0.0463 e. The second-order valence-corrected chi connectivity index (χ2v) is 9.46. The van der Waals surface area contributed by atoms with Crippen LogP contribution < -0.4 is 9.67 Å². The van der Waals surface area contributed by atoms with Gasteiger partial charge in [0.1, 0.15) is 0 Å². The molecule has 2 aromatic rings. The predicted octanol–water partition coefficient (Wildman–Crippen LogP) is 2.73. The molecule has 162 valence electrons. The van der Waals surface area contributed by atoms with E-state index in [1.807, 2.05) is 18.2 Å². The van der Waals surface area contributed by atoms with Gasteiger partial charge in [-0.05, 0) is 19.8 Å². The number of carbonyl (C=O) groups is 1. The number of rotatable bonds is 6. The van der Waals surface area contributed by atoms with Crippen molar-refractivity contribution in [2.24, 2.45) is 0 Å². The Labute approximate surface area is 175 Å². The van der Waals surface area contributed by atoms with Crippen molar-refractivity contribution in [3.63, 3.8) is 0 Å². The first-order valence-corrected chi connectivity index (χ1v) is 12.8. The Hall–Kier alpha value is -2.05. The number of amides is 1. The molecule has 0 atom stereocenters. The molecule has 0 aliphatic rings. The van der Waals surface area contributed by atoms with E-state index in [-0.39, 0.29) is 15.8 Å². The molecule has 0 spiro atoms. The predicted molar refractivity (Wildman–Crippen MR) is 116 cm³/mol. The van der Waals surface area contributed by atoms with E-state index >= 15 is 0 Å². The number of hydrogen-bond acceptors (Lipinski definition) is 4. The average Bonchev–Trinajstić information content (AvgIpc) is 2.64. The molecule has 2 rings (SSSR count). The summed E-state index contributed by atoms with van der Waals surface area (Å²) in [5, 5.41) is 11.5. The fourth-order valence-electron chi connectivity index (χ4n) is 2.00. The average molecular weight is 469 g/mol. The molecule has 0 unspecified atom stereocenters. The minimum atomic E-state index is -5.14. The van der Waals surface area contributed by atoms with Gasteiger partial charge in [-0.15, -0.1) is 0 Å². The number of phenols is 1. The van der Waals surface area contributed by atoms with Gasteiger partial charge in [0.05, 0.1) is 0 Å². The Bertz CT molecular complexity index is 757. The largest absolute Gasteiger partial charge is 0.381 e. The SMILES string of the molecule is CC(=O)Nc1c(O)cccc1[As](=O)(O)O.CCCOCCC.Cc1ccccc1. The molecular weight excluding hydrogens is 437 g/mol. The van der Waals surface area contributed by atoms with Crippen molar-refractivity contribution in [1.29, 1.82) is 0 Å². The first-order chi connectivity index (χ1) is 13.6. The van der Waals surface area contributed by atoms with Crippen LogP contribution in [0.1, 0.15) is 39.2 Å². The summed E-state index contributed by atoms with van der Waals surface area (Å²) >= 11 is -5.14. The fraction of sp³-hybridized carbons (Fsp3) is 0.381. The van der Waals surface area contributed by atoms with Gasteiger partial charge in [-0.2, -0.15) is 0 Å². The van der Waals surface area contributed by atoms with Crippen molar-refractivity contribution >= 4 is 30.1 Å². The van der Waals surface area contributed by atoms with E-state index in [1.54, 1.807) is 0 Å². The molecule has 0 saturated carbocycles. The van der Waals surface area contributed by atoms with E-state index < -0.39 is 20.1 Å². The van der Waals surface area contributed by atoms with Crippen LogP contribution in [0, 0.1) is 6.92 Å². The van der Waals surface area contributed by atoms with Crippen LogP contribution in [-0.4, -0.2) is 46.6 Å². The zero-order valence-electron chi connectivity index (χ0n) is 17.5. The number of para-hydroxylation sites is 1. The topological polar surface area (TPSA) is 116 Å². The molecule has 0 saturated heterocycles. The Morgan fingerprint density at radius 2 is 1.55 bits per heavy atom. The molecule has 0 heterocycles. The summed E-state index contributed by atoms with van der Waals surface area (Å²) < 4.78 is 33.9. The molecule has 0 bridgehead atoms. The fourth-order valence-corrected chi connectivity index (χ4v) is 3.56. The summed E-state index contributed by atoms with van der Waals surface area (Å²) in [7, 11) is 0. The van der Waals surface area contributed by atoms with Crippen molar-refractivity contribution in [3.05, 3.63) is 54.1 Å². The molecule has 0 aliphatic carbocycles. The number of nitrogens with one attached hydrogen (secondary N) is 1. The van der Waals surface area contributed by atoms with Gasteiger partial charge in [-0.1, -0.05) is 49.7 Å². The van der Waals surface area contributed by atoms with E-state index in [1.165, 1.54) is 30.7 Å². The van der Waals surface area contributed by atoms with Crippen LogP contribution in [0.15, 0.2) is 48.5 Å². The standard InChI is InChI=1S/C8H10AsNO5.C7H8.C6H14O/c1-5(11)10-8-6(9(13,14)15)3-2-4-7(8)12;1-7-5-3-2-4-6-7;1-3-5-7-6-4-2/h2-4,12H,1H3,(H,10,11)(H2,13,14,15);2-6H,1H3;3-6H2,1-2H3. The molecule has 0 fully saturated rings. The van der Waals surface area contributed by atoms with Crippen LogP contribution in [0.2, 0.25) is 0 Å². The van der Waals surface area contributed by atoms with Gasteiger partial charge in [0.15, 0.2) is 0 Å². The van der Waals surface area contributed by atoms with E-state index in [2.05, 4.69) is 38.2 Å². The van der Waals surface area contributed by atoms with Crippen LogP contribution in [0.4, 0.5) is 5.69 Å². The summed E-state index contributed by atoms with van der Waals surface area (Å²) in [5.41, 5.74) is 1.10. The zero-order valence-corrected chi connectivity index (χ0v) is 19.3. The van der Waals surface area contributed by atoms with E-state index in [0.29, 0.717) is 0 Å². The second-order valence-electron chi connectivity index (χ2n) is 6.16.